The molecule has 2 aromatic rings. The molecule has 0 bridgehead atoms. The molecule has 152 valence electrons. The van der Waals surface area contributed by atoms with Crippen molar-refractivity contribution in [2.24, 2.45) is 0 Å². The van der Waals surface area contributed by atoms with Gasteiger partial charge in [0.2, 0.25) is 0 Å². The number of nitrogens with one attached hydrogen (secondary N) is 2. The highest BCUT2D eigenvalue weighted by atomic mass is 35.5. The SMILES string of the molecule is COc1cc(NS(=O)(=O)c2ccc(OC)c(N3CCNCC3)c2)c(Cl)cc1Cl. The molecule has 0 radical (unpaired) electrons. The van der Waals surface area contributed by atoms with Gasteiger partial charge in [-0.2, -0.15) is 0 Å². The van der Waals surface area contributed by atoms with Crippen LogP contribution in [0.1, 0.15) is 0 Å². The van der Waals surface area contributed by atoms with Crippen molar-refractivity contribution >= 4 is 44.6 Å². The van der Waals surface area contributed by atoms with Crippen molar-refractivity contribution in [2.75, 3.05) is 50.0 Å². The fourth-order valence-electron chi connectivity index (χ4n) is 2.96. The van der Waals surface area contributed by atoms with E-state index in [0.29, 0.717) is 16.5 Å². The second-order valence-electron chi connectivity index (χ2n) is 6.14. The van der Waals surface area contributed by atoms with Gasteiger partial charge < -0.3 is 19.7 Å². The zero-order chi connectivity index (χ0) is 20.3. The Labute approximate surface area is 174 Å². The predicted octanol–water partition coefficient (Wildman–Crippen LogP) is 3.22. The van der Waals surface area contributed by atoms with Gasteiger partial charge >= 0.3 is 0 Å². The molecule has 0 aromatic heterocycles. The summed E-state index contributed by atoms with van der Waals surface area (Å²) < 4.78 is 39.0. The summed E-state index contributed by atoms with van der Waals surface area (Å²) in [5.41, 5.74) is 0.911. The van der Waals surface area contributed by atoms with Crippen molar-refractivity contribution in [3.05, 3.63) is 40.4 Å². The van der Waals surface area contributed by atoms with Crippen LogP contribution in [0.5, 0.6) is 11.5 Å². The Kier molecular flexibility index (Phi) is 6.44. The highest BCUT2D eigenvalue weighted by Gasteiger charge is 2.22. The average molecular weight is 446 g/mol. The van der Waals surface area contributed by atoms with Crippen LogP contribution in [0.25, 0.3) is 0 Å². The normalized spacial score (nSPS) is 14.6. The zero-order valence-corrected chi connectivity index (χ0v) is 17.8. The fourth-order valence-corrected chi connectivity index (χ4v) is 4.61. The van der Waals surface area contributed by atoms with Crippen LogP contribution in [-0.4, -0.2) is 48.8 Å². The van der Waals surface area contributed by atoms with Gasteiger partial charge in [-0.05, 0) is 24.3 Å². The maximum atomic E-state index is 13.0. The number of methoxy groups -OCH3 is 2. The predicted molar refractivity (Wildman–Crippen MR) is 112 cm³/mol. The van der Waals surface area contributed by atoms with Crippen LogP contribution in [0.15, 0.2) is 35.2 Å². The molecule has 0 amide bonds. The minimum atomic E-state index is -3.89. The highest BCUT2D eigenvalue weighted by Crippen LogP contribution is 2.36. The van der Waals surface area contributed by atoms with E-state index in [-0.39, 0.29) is 15.6 Å². The zero-order valence-electron chi connectivity index (χ0n) is 15.5. The Morgan fingerprint density at radius 2 is 1.68 bits per heavy atom. The molecule has 1 heterocycles. The Bertz CT molecular complexity index is 964. The van der Waals surface area contributed by atoms with Crippen LogP contribution in [0, 0.1) is 0 Å². The number of hydrogen-bond donors (Lipinski definition) is 2. The van der Waals surface area contributed by atoms with E-state index >= 15 is 0 Å². The number of ether oxygens (including phenoxy) is 2. The van der Waals surface area contributed by atoms with Gasteiger partial charge in [0.05, 0.1) is 40.5 Å². The Morgan fingerprint density at radius 1 is 1.00 bits per heavy atom. The van der Waals surface area contributed by atoms with E-state index in [1.807, 2.05) is 0 Å². The molecule has 1 fully saturated rings. The number of sulfonamides is 1. The lowest BCUT2D eigenvalue weighted by Crippen LogP contribution is -2.43. The van der Waals surface area contributed by atoms with Gasteiger partial charge in [-0.3, -0.25) is 4.72 Å². The van der Waals surface area contributed by atoms with Gasteiger partial charge in [-0.15, -0.1) is 0 Å². The monoisotopic (exact) mass is 445 g/mol. The number of nitrogens with zero attached hydrogens (tertiary/aromatic N) is 1. The average Bonchev–Trinajstić information content (AvgIpc) is 2.70. The first kappa shape index (κ1) is 20.9. The summed E-state index contributed by atoms with van der Waals surface area (Å²) in [5, 5.41) is 3.73. The van der Waals surface area contributed by atoms with E-state index in [9.17, 15) is 8.42 Å². The summed E-state index contributed by atoms with van der Waals surface area (Å²) in [6.07, 6.45) is 0. The van der Waals surface area contributed by atoms with Crippen LogP contribution in [0.2, 0.25) is 10.0 Å². The molecule has 2 aromatic carbocycles. The summed E-state index contributed by atoms with van der Waals surface area (Å²) in [6, 6.07) is 7.63. The van der Waals surface area contributed by atoms with E-state index < -0.39 is 10.0 Å². The van der Waals surface area contributed by atoms with Crippen LogP contribution < -0.4 is 24.4 Å². The summed E-state index contributed by atoms with van der Waals surface area (Å²) in [4.78, 5) is 2.19. The Morgan fingerprint density at radius 3 is 2.32 bits per heavy atom. The van der Waals surface area contributed by atoms with E-state index in [1.165, 1.54) is 25.3 Å². The molecule has 28 heavy (non-hydrogen) atoms. The van der Waals surface area contributed by atoms with Crippen molar-refractivity contribution in [1.82, 2.24) is 5.32 Å². The number of anilines is 2. The molecule has 1 aliphatic heterocycles. The Hall–Kier alpha value is -1.87. The van der Waals surface area contributed by atoms with E-state index in [0.717, 1.165) is 31.9 Å². The molecule has 0 aliphatic carbocycles. The number of piperazine rings is 1. The van der Waals surface area contributed by atoms with Crippen molar-refractivity contribution in [3.8, 4) is 11.5 Å². The second kappa shape index (κ2) is 8.65. The molecule has 7 nitrogen and oxygen atoms in total. The van der Waals surface area contributed by atoms with Gasteiger partial charge in [0.25, 0.3) is 10.0 Å². The van der Waals surface area contributed by atoms with Gasteiger partial charge in [-0.1, -0.05) is 23.2 Å². The van der Waals surface area contributed by atoms with Gasteiger partial charge in [0, 0.05) is 32.2 Å². The van der Waals surface area contributed by atoms with Crippen LogP contribution in [-0.2, 0) is 10.0 Å². The molecule has 10 heteroatoms. The third kappa shape index (κ3) is 4.41. The molecule has 1 saturated heterocycles. The molecule has 1 aliphatic rings. The third-order valence-electron chi connectivity index (χ3n) is 4.40. The summed E-state index contributed by atoms with van der Waals surface area (Å²) in [5.74, 6) is 0.937. The molecular weight excluding hydrogens is 425 g/mol. The highest BCUT2D eigenvalue weighted by molar-refractivity contribution is 7.92. The summed E-state index contributed by atoms with van der Waals surface area (Å²) in [6.45, 7) is 3.15. The van der Waals surface area contributed by atoms with Crippen LogP contribution in [0.4, 0.5) is 11.4 Å². The lowest BCUT2D eigenvalue weighted by atomic mass is 10.2. The first-order chi connectivity index (χ1) is 13.4. The molecular formula is C18H21Cl2N3O4S. The molecule has 0 atom stereocenters. The minimum Gasteiger partial charge on any atom is -0.495 e. The quantitative estimate of drug-likeness (QED) is 0.710. The fraction of sp³-hybridized carbons (Fsp3) is 0.333. The lowest BCUT2D eigenvalue weighted by molar-refractivity contribution is 0.412. The lowest BCUT2D eigenvalue weighted by Gasteiger charge is -2.30. The number of rotatable bonds is 6. The van der Waals surface area contributed by atoms with Crippen molar-refractivity contribution in [1.29, 1.82) is 0 Å². The smallest absolute Gasteiger partial charge is 0.262 e. The van der Waals surface area contributed by atoms with Gasteiger partial charge in [0.15, 0.2) is 0 Å². The molecule has 0 spiro atoms. The number of halogens is 2. The topological polar surface area (TPSA) is 79.9 Å². The van der Waals surface area contributed by atoms with Gasteiger partial charge in [0.1, 0.15) is 11.5 Å². The molecule has 0 saturated carbocycles. The first-order valence-corrected chi connectivity index (χ1v) is 10.8. The maximum Gasteiger partial charge on any atom is 0.262 e. The summed E-state index contributed by atoms with van der Waals surface area (Å²) >= 11 is 12.2. The van der Waals surface area contributed by atoms with E-state index in [2.05, 4.69) is 14.9 Å². The molecule has 3 rings (SSSR count). The number of hydrogen-bond acceptors (Lipinski definition) is 6. The van der Waals surface area contributed by atoms with Crippen molar-refractivity contribution < 1.29 is 17.9 Å². The molecule has 0 unspecified atom stereocenters. The minimum absolute atomic E-state index is 0.104. The second-order valence-corrected chi connectivity index (χ2v) is 8.64. The van der Waals surface area contributed by atoms with E-state index in [1.54, 1.807) is 19.2 Å². The van der Waals surface area contributed by atoms with E-state index in [4.69, 9.17) is 32.7 Å². The van der Waals surface area contributed by atoms with Crippen molar-refractivity contribution in [3.63, 3.8) is 0 Å². The van der Waals surface area contributed by atoms with Gasteiger partial charge in [-0.25, -0.2) is 8.42 Å². The van der Waals surface area contributed by atoms with Crippen LogP contribution >= 0.6 is 23.2 Å². The van der Waals surface area contributed by atoms with Crippen molar-refractivity contribution in [2.45, 2.75) is 4.90 Å². The Balaban J connectivity index is 1.96. The molecule has 2 N–H and O–H groups in total. The standard InChI is InChI=1S/C18H21Cl2N3O4S/c1-26-17-4-3-12(9-16(17)23-7-5-21-6-8-23)28(24,25)22-15-11-18(27-2)14(20)10-13(15)19/h3-4,9-11,21-22H,5-8H2,1-2H3. The van der Waals surface area contributed by atoms with Crippen LogP contribution in [0.3, 0.4) is 0 Å². The largest absolute Gasteiger partial charge is 0.495 e. The maximum absolute atomic E-state index is 13.0. The first-order valence-electron chi connectivity index (χ1n) is 8.55. The number of benzene rings is 2. The summed E-state index contributed by atoms with van der Waals surface area (Å²) in [7, 11) is -0.887. The third-order valence-corrected chi connectivity index (χ3v) is 6.38.